The van der Waals surface area contributed by atoms with E-state index in [1.165, 1.54) is 24.3 Å². The average molecular weight is 254 g/mol. The Labute approximate surface area is 103 Å². The highest BCUT2D eigenvalue weighted by molar-refractivity contribution is 7.99. The van der Waals surface area contributed by atoms with E-state index in [0.29, 0.717) is 10.9 Å². The maximum absolute atomic E-state index is 5.92. The van der Waals surface area contributed by atoms with Gasteiger partial charge in [0.1, 0.15) is 0 Å². The van der Waals surface area contributed by atoms with Gasteiger partial charge in [-0.3, -0.25) is 0 Å². The maximum atomic E-state index is 5.92. The minimum atomic E-state index is 0.528. The van der Waals surface area contributed by atoms with Crippen molar-refractivity contribution in [2.75, 3.05) is 11.5 Å². The van der Waals surface area contributed by atoms with Crippen LogP contribution in [0.4, 0.5) is 0 Å². The van der Waals surface area contributed by atoms with Crippen LogP contribution in [0.15, 0.2) is 18.3 Å². The second kappa shape index (κ2) is 4.26. The van der Waals surface area contributed by atoms with E-state index in [2.05, 4.69) is 10.1 Å². The van der Waals surface area contributed by atoms with Gasteiger partial charge in [-0.25, -0.2) is 9.50 Å². The zero-order valence-electron chi connectivity index (χ0n) is 8.77. The van der Waals surface area contributed by atoms with E-state index in [0.717, 1.165) is 11.5 Å². The fourth-order valence-electron chi connectivity index (χ4n) is 2.00. The summed E-state index contributed by atoms with van der Waals surface area (Å²) in [5.74, 6) is 3.95. The minimum absolute atomic E-state index is 0.528. The quantitative estimate of drug-likeness (QED) is 0.783. The first-order valence-electron chi connectivity index (χ1n) is 5.42. The third kappa shape index (κ3) is 1.92. The molecular weight excluding hydrogens is 242 g/mol. The second-order valence-electron chi connectivity index (χ2n) is 4.01. The molecule has 3 heterocycles. The highest BCUT2D eigenvalue weighted by Gasteiger charge is 2.19. The van der Waals surface area contributed by atoms with Crippen LogP contribution >= 0.6 is 23.4 Å². The molecule has 1 fully saturated rings. The third-order valence-electron chi connectivity index (χ3n) is 2.90. The van der Waals surface area contributed by atoms with Crippen LogP contribution in [0.1, 0.15) is 24.6 Å². The molecule has 0 aliphatic carbocycles. The number of thioether (sulfide) groups is 1. The van der Waals surface area contributed by atoms with Crippen molar-refractivity contribution in [1.82, 2.24) is 14.6 Å². The lowest BCUT2D eigenvalue weighted by atomic mass is 10.0. The normalized spacial score (nSPS) is 18.1. The molecule has 0 aromatic carbocycles. The lowest BCUT2D eigenvalue weighted by Crippen LogP contribution is -2.09. The Bertz CT molecular complexity index is 505. The molecule has 0 bridgehead atoms. The molecule has 0 saturated carbocycles. The number of aromatic nitrogens is 3. The molecule has 5 heteroatoms. The summed E-state index contributed by atoms with van der Waals surface area (Å²) in [7, 11) is 0. The lowest BCUT2D eigenvalue weighted by molar-refractivity contribution is 0.598. The summed E-state index contributed by atoms with van der Waals surface area (Å²) in [5.41, 5.74) is 0.887. The molecule has 2 aromatic rings. The van der Waals surface area contributed by atoms with Gasteiger partial charge in [0.25, 0.3) is 0 Å². The monoisotopic (exact) mass is 253 g/mol. The van der Waals surface area contributed by atoms with E-state index in [4.69, 9.17) is 11.6 Å². The van der Waals surface area contributed by atoms with E-state index in [1.54, 1.807) is 4.52 Å². The van der Waals surface area contributed by atoms with E-state index in [9.17, 15) is 0 Å². The van der Waals surface area contributed by atoms with Crippen molar-refractivity contribution < 1.29 is 0 Å². The van der Waals surface area contributed by atoms with Gasteiger partial charge < -0.3 is 0 Å². The second-order valence-corrected chi connectivity index (χ2v) is 5.67. The fraction of sp³-hybridized carbons (Fsp3) is 0.455. The first-order chi connectivity index (χ1) is 7.83. The van der Waals surface area contributed by atoms with Crippen molar-refractivity contribution in [3.8, 4) is 0 Å². The molecule has 1 aliphatic heterocycles. The van der Waals surface area contributed by atoms with Crippen molar-refractivity contribution in [3.05, 3.63) is 29.2 Å². The van der Waals surface area contributed by atoms with Crippen molar-refractivity contribution in [2.45, 2.75) is 18.8 Å². The number of rotatable bonds is 1. The van der Waals surface area contributed by atoms with E-state index < -0.39 is 0 Å². The standard InChI is InChI=1S/C11H12ClN3S/c12-9-1-2-10-13-11(14-15(10)7-9)8-3-5-16-6-4-8/h1-2,7-8H,3-6H2. The van der Waals surface area contributed by atoms with Crippen LogP contribution in [-0.2, 0) is 0 Å². The molecule has 1 saturated heterocycles. The van der Waals surface area contributed by atoms with Crippen LogP contribution < -0.4 is 0 Å². The SMILES string of the molecule is Clc1ccc2nc(C3CCSCC3)nn2c1. The zero-order chi connectivity index (χ0) is 11.0. The van der Waals surface area contributed by atoms with Gasteiger partial charge in [0.2, 0.25) is 0 Å². The smallest absolute Gasteiger partial charge is 0.155 e. The van der Waals surface area contributed by atoms with Gasteiger partial charge in [0.15, 0.2) is 11.5 Å². The molecule has 16 heavy (non-hydrogen) atoms. The predicted octanol–water partition coefficient (Wildman–Crippen LogP) is 2.99. The first kappa shape index (κ1) is 10.4. The van der Waals surface area contributed by atoms with Crippen LogP contribution in [0.2, 0.25) is 5.02 Å². The summed E-state index contributed by atoms with van der Waals surface area (Å²) in [5, 5.41) is 5.21. The molecule has 1 aliphatic rings. The number of fused-ring (bicyclic) bond motifs is 1. The highest BCUT2D eigenvalue weighted by Crippen LogP contribution is 2.29. The molecule has 84 valence electrons. The molecule has 2 aromatic heterocycles. The molecule has 0 atom stereocenters. The molecule has 0 radical (unpaired) electrons. The first-order valence-corrected chi connectivity index (χ1v) is 6.96. The summed E-state index contributed by atoms with van der Waals surface area (Å²) in [6, 6.07) is 3.77. The largest absolute Gasteiger partial charge is 0.219 e. The number of hydrogen-bond acceptors (Lipinski definition) is 3. The average Bonchev–Trinajstić information content (AvgIpc) is 2.73. The van der Waals surface area contributed by atoms with Crippen molar-refractivity contribution in [2.24, 2.45) is 0 Å². The van der Waals surface area contributed by atoms with Crippen LogP contribution in [0.3, 0.4) is 0 Å². The fourth-order valence-corrected chi connectivity index (χ4v) is 3.27. The highest BCUT2D eigenvalue weighted by atomic mass is 35.5. The minimum Gasteiger partial charge on any atom is -0.219 e. The summed E-state index contributed by atoms with van der Waals surface area (Å²) in [6.07, 6.45) is 4.19. The van der Waals surface area contributed by atoms with E-state index in [-0.39, 0.29) is 0 Å². The third-order valence-corrected chi connectivity index (χ3v) is 4.17. The summed E-state index contributed by atoms with van der Waals surface area (Å²) in [4.78, 5) is 4.56. The van der Waals surface area contributed by atoms with E-state index in [1.807, 2.05) is 30.1 Å². The molecular formula is C11H12ClN3S. The number of nitrogens with zero attached hydrogens (tertiary/aromatic N) is 3. The Hall–Kier alpha value is -0.740. The summed E-state index contributed by atoms with van der Waals surface area (Å²) >= 11 is 7.94. The predicted molar refractivity (Wildman–Crippen MR) is 67.3 cm³/mol. The van der Waals surface area contributed by atoms with E-state index >= 15 is 0 Å². The number of hydrogen-bond donors (Lipinski definition) is 0. The lowest BCUT2D eigenvalue weighted by Gasteiger charge is -2.17. The Morgan fingerprint density at radius 2 is 2.12 bits per heavy atom. The molecule has 0 N–H and O–H groups in total. The summed E-state index contributed by atoms with van der Waals surface area (Å²) < 4.78 is 1.78. The molecule has 0 spiro atoms. The van der Waals surface area contributed by atoms with Gasteiger partial charge in [-0.05, 0) is 36.5 Å². The summed E-state index contributed by atoms with van der Waals surface area (Å²) in [6.45, 7) is 0. The molecule has 3 rings (SSSR count). The topological polar surface area (TPSA) is 30.2 Å². The Balaban J connectivity index is 1.97. The van der Waals surface area contributed by atoms with Gasteiger partial charge in [0, 0.05) is 12.1 Å². The Morgan fingerprint density at radius 3 is 2.94 bits per heavy atom. The van der Waals surface area contributed by atoms with Crippen LogP contribution in [-0.4, -0.2) is 26.1 Å². The van der Waals surface area contributed by atoms with Crippen LogP contribution in [0, 0.1) is 0 Å². The molecule has 0 amide bonds. The van der Waals surface area contributed by atoms with Gasteiger partial charge in [0.05, 0.1) is 5.02 Å². The van der Waals surface area contributed by atoms with Crippen molar-refractivity contribution in [3.63, 3.8) is 0 Å². The Kier molecular flexibility index (Phi) is 2.77. The maximum Gasteiger partial charge on any atom is 0.155 e. The number of halogens is 1. The van der Waals surface area contributed by atoms with Crippen molar-refractivity contribution in [1.29, 1.82) is 0 Å². The zero-order valence-corrected chi connectivity index (χ0v) is 10.3. The number of pyridine rings is 1. The van der Waals surface area contributed by atoms with Gasteiger partial charge in [-0.2, -0.15) is 16.9 Å². The van der Waals surface area contributed by atoms with Crippen LogP contribution in [0.5, 0.6) is 0 Å². The molecule has 0 unspecified atom stereocenters. The van der Waals surface area contributed by atoms with Gasteiger partial charge in [-0.1, -0.05) is 11.6 Å². The Morgan fingerprint density at radius 1 is 1.31 bits per heavy atom. The van der Waals surface area contributed by atoms with Gasteiger partial charge >= 0.3 is 0 Å². The molecule has 3 nitrogen and oxygen atoms in total. The van der Waals surface area contributed by atoms with Gasteiger partial charge in [-0.15, -0.1) is 0 Å². The van der Waals surface area contributed by atoms with Crippen LogP contribution in [0.25, 0.3) is 5.65 Å². The van der Waals surface area contributed by atoms with Crippen molar-refractivity contribution >= 4 is 29.0 Å².